The van der Waals surface area contributed by atoms with Crippen LogP contribution in [-0.2, 0) is 17.8 Å². The summed E-state index contributed by atoms with van der Waals surface area (Å²) in [5.41, 5.74) is -1.35. The number of fused-ring (bicyclic) bond motifs is 2. The number of nitrogens with zero attached hydrogens (tertiary/aromatic N) is 1. The van der Waals surface area contributed by atoms with Gasteiger partial charge >= 0.3 is 0 Å². The Kier molecular flexibility index (Phi) is 3.97. The topological polar surface area (TPSA) is 110 Å². The van der Waals surface area contributed by atoms with E-state index in [9.17, 15) is 19.8 Å². The predicted octanol–water partition coefficient (Wildman–Crippen LogP) is 1.09. The second-order valence-corrected chi connectivity index (χ2v) is 6.54. The van der Waals surface area contributed by atoms with Crippen LogP contribution >= 0.6 is 0 Å². The summed E-state index contributed by atoms with van der Waals surface area (Å²) in [6.45, 7) is -0.118. The van der Waals surface area contributed by atoms with Gasteiger partial charge in [0.1, 0.15) is 12.2 Å². The number of benzene rings is 1. The number of Topliss-reactive ketones (excluding diaryl/α,β-unsaturated/α-hetero) is 1. The summed E-state index contributed by atoms with van der Waals surface area (Å²) in [5.74, 6) is -2.58. The smallest absolute Gasteiger partial charge is 0.265 e. The first-order valence-electron chi connectivity index (χ1n) is 8.31. The summed E-state index contributed by atoms with van der Waals surface area (Å²) in [6, 6.07) is 9.31. The monoisotopic (exact) mass is 355 g/mol. The molecule has 3 atom stereocenters. The Bertz CT molecular complexity index is 887. The van der Waals surface area contributed by atoms with E-state index >= 15 is 0 Å². The van der Waals surface area contributed by atoms with Gasteiger partial charge in [-0.3, -0.25) is 9.59 Å². The van der Waals surface area contributed by atoms with Crippen molar-refractivity contribution in [1.29, 1.82) is 0 Å². The van der Waals surface area contributed by atoms with E-state index in [1.165, 1.54) is 6.08 Å². The number of aromatic nitrogens is 1. The summed E-state index contributed by atoms with van der Waals surface area (Å²) in [5, 5.41) is 24.2. The van der Waals surface area contributed by atoms with Crippen LogP contribution in [0.25, 0.3) is 0 Å². The average molecular weight is 355 g/mol. The first kappa shape index (κ1) is 16.7. The zero-order valence-corrected chi connectivity index (χ0v) is 13.8. The highest BCUT2D eigenvalue weighted by molar-refractivity contribution is 6.23. The minimum Gasteiger partial charge on any atom is -0.470 e. The molecule has 2 N–H and O–H groups in total. The number of rotatable bonds is 4. The molecule has 0 aliphatic heterocycles. The summed E-state index contributed by atoms with van der Waals surface area (Å²) >= 11 is 0. The molecular formula is C19H17NO6. The lowest BCUT2D eigenvalue weighted by Gasteiger charge is -2.40. The van der Waals surface area contributed by atoms with Gasteiger partial charge in [0, 0.05) is 24.9 Å². The maximum absolute atomic E-state index is 13.0. The number of aliphatic hydroxyl groups excluding tert-OH is 1. The molecule has 2 aliphatic rings. The number of carbonyl (C=O) groups excluding carboxylic acids is 2. The number of hydrogen-bond donors (Lipinski definition) is 2. The normalized spacial score (nSPS) is 27.2. The molecule has 1 aromatic carbocycles. The molecule has 7 heteroatoms. The van der Waals surface area contributed by atoms with Crippen molar-refractivity contribution in [1.82, 2.24) is 5.16 Å². The molecule has 0 radical (unpaired) electrons. The van der Waals surface area contributed by atoms with Gasteiger partial charge in [-0.05, 0) is 16.8 Å². The van der Waals surface area contributed by atoms with E-state index in [1.54, 1.807) is 0 Å². The standard InChI is InChI=1S/C19H17NO6/c21-9-12-6-7-15(22)19(24)13(12)8-14-16(17(19)23)18(20-26-14)25-10-11-4-2-1-3-5-11/h1-7,12-13,21,24H,8-10H2. The van der Waals surface area contributed by atoms with Crippen LogP contribution in [0.2, 0.25) is 0 Å². The lowest BCUT2D eigenvalue weighted by Crippen LogP contribution is -2.59. The summed E-state index contributed by atoms with van der Waals surface area (Å²) < 4.78 is 10.8. The molecule has 26 heavy (non-hydrogen) atoms. The quantitative estimate of drug-likeness (QED) is 0.790. The molecule has 7 nitrogen and oxygen atoms in total. The highest BCUT2D eigenvalue weighted by Gasteiger charge is 2.58. The molecule has 134 valence electrons. The molecule has 1 heterocycles. The van der Waals surface area contributed by atoms with Crippen LogP contribution in [0, 0.1) is 11.8 Å². The lowest BCUT2D eigenvalue weighted by atomic mass is 9.64. The van der Waals surface area contributed by atoms with E-state index in [2.05, 4.69) is 5.16 Å². The fourth-order valence-electron chi connectivity index (χ4n) is 3.62. The fourth-order valence-corrected chi connectivity index (χ4v) is 3.62. The van der Waals surface area contributed by atoms with Gasteiger partial charge in [-0.2, -0.15) is 0 Å². The maximum Gasteiger partial charge on any atom is 0.265 e. The van der Waals surface area contributed by atoms with Crippen LogP contribution in [0.1, 0.15) is 21.7 Å². The van der Waals surface area contributed by atoms with Crippen LogP contribution in [0.3, 0.4) is 0 Å². The molecule has 3 unspecified atom stereocenters. The van der Waals surface area contributed by atoms with Crippen molar-refractivity contribution in [2.24, 2.45) is 11.8 Å². The highest BCUT2D eigenvalue weighted by atomic mass is 16.5. The van der Waals surface area contributed by atoms with E-state index in [4.69, 9.17) is 9.26 Å². The molecule has 0 amide bonds. The van der Waals surface area contributed by atoms with Gasteiger partial charge in [0.05, 0.1) is 0 Å². The Morgan fingerprint density at radius 3 is 2.77 bits per heavy atom. The van der Waals surface area contributed by atoms with E-state index in [1.807, 2.05) is 30.3 Å². The first-order valence-corrected chi connectivity index (χ1v) is 8.31. The van der Waals surface area contributed by atoms with Gasteiger partial charge in [0.15, 0.2) is 17.1 Å². The van der Waals surface area contributed by atoms with Gasteiger partial charge in [-0.15, -0.1) is 0 Å². The van der Waals surface area contributed by atoms with Crippen molar-refractivity contribution in [2.45, 2.75) is 18.6 Å². The molecule has 0 saturated heterocycles. The molecular weight excluding hydrogens is 338 g/mol. The molecule has 2 aromatic rings. The minimum atomic E-state index is -2.23. The molecule has 1 aromatic heterocycles. The summed E-state index contributed by atoms with van der Waals surface area (Å²) in [6.07, 6.45) is 2.78. The molecule has 0 spiro atoms. The second kappa shape index (κ2) is 6.19. The van der Waals surface area contributed by atoms with E-state index < -0.39 is 29.0 Å². The molecule has 4 rings (SSSR count). The van der Waals surface area contributed by atoms with Crippen molar-refractivity contribution in [3.63, 3.8) is 0 Å². The van der Waals surface area contributed by atoms with Crippen LogP contribution < -0.4 is 4.74 Å². The lowest BCUT2D eigenvalue weighted by molar-refractivity contribution is -0.136. The summed E-state index contributed by atoms with van der Waals surface area (Å²) in [7, 11) is 0. The van der Waals surface area contributed by atoms with E-state index in [0.29, 0.717) is 0 Å². The average Bonchev–Trinajstić information content (AvgIpc) is 3.07. The van der Waals surface area contributed by atoms with Gasteiger partial charge < -0.3 is 19.5 Å². The Labute approximate surface area is 148 Å². The summed E-state index contributed by atoms with van der Waals surface area (Å²) in [4.78, 5) is 25.3. The van der Waals surface area contributed by atoms with E-state index in [-0.39, 0.29) is 36.8 Å². The van der Waals surface area contributed by atoms with Crippen molar-refractivity contribution in [3.8, 4) is 5.88 Å². The number of hydrogen-bond acceptors (Lipinski definition) is 7. The van der Waals surface area contributed by atoms with Crippen molar-refractivity contribution in [3.05, 3.63) is 59.4 Å². The molecule has 0 bridgehead atoms. The third-order valence-corrected chi connectivity index (χ3v) is 5.06. The van der Waals surface area contributed by atoms with Crippen molar-refractivity contribution in [2.75, 3.05) is 6.61 Å². The minimum absolute atomic E-state index is 0.0000194. The SMILES string of the molecule is O=C1C=CC(CO)C2Cc3onc(OCc4ccccc4)c3C(=O)C12O. The third kappa shape index (κ3) is 2.40. The Hall–Kier alpha value is -2.77. The predicted molar refractivity (Wildman–Crippen MR) is 88.5 cm³/mol. The zero-order chi connectivity index (χ0) is 18.3. The van der Waals surface area contributed by atoms with Crippen LogP contribution in [0.5, 0.6) is 5.88 Å². The molecule has 0 saturated carbocycles. The molecule has 2 aliphatic carbocycles. The Morgan fingerprint density at radius 1 is 1.27 bits per heavy atom. The third-order valence-electron chi connectivity index (χ3n) is 5.06. The number of carbonyl (C=O) groups is 2. The number of ketones is 2. The second-order valence-electron chi connectivity index (χ2n) is 6.54. The largest absolute Gasteiger partial charge is 0.470 e. The zero-order valence-electron chi connectivity index (χ0n) is 13.8. The van der Waals surface area contributed by atoms with Crippen molar-refractivity contribution >= 4 is 11.6 Å². The molecule has 0 fully saturated rings. The number of ether oxygens (including phenoxy) is 1. The van der Waals surface area contributed by atoms with Gasteiger partial charge in [-0.1, -0.05) is 36.4 Å². The fraction of sp³-hybridized carbons (Fsp3) is 0.316. The van der Waals surface area contributed by atoms with Crippen molar-refractivity contribution < 1.29 is 29.1 Å². The van der Waals surface area contributed by atoms with E-state index in [0.717, 1.165) is 11.6 Å². The van der Waals surface area contributed by atoms with Crippen LogP contribution in [0.4, 0.5) is 0 Å². The first-order chi connectivity index (χ1) is 12.6. The maximum atomic E-state index is 13.0. The Morgan fingerprint density at radius 2 is 2.04 bits per heavy atom. The van der Waals surface area contributed by atoms with Gasteiger partial charge in [-0.25, -0.2) is 0 Å². The van der Waals surface area contributed by atoms with Gasteiger partial charge in [0.2, 0.25) is 5.78 Å². The number of aliphatic hydroxyl groups is 2. The van der Waals surface area contributed by atoms with Gasteiger partial charge in [0.25, 0.3) is 5.88 Å². The van der Waals surface area contributed by atoms with Crippen LogP contribution in [-0.4, -0.2) is 39.1 Å². The van der Waals surface area contributed by atoms with Crippen LogP contribution in [0.15, 0.2) is 47.0 Å². The highest BCUT2D eigenvalue weighted by Crippen LogP contribution is 2.44. The Balaban J connectivity index is 1.67.